The molecule has 0 radical (unpaired) electrons. The Morgan fingerprint density at radius 1 is 1.00 bits per heavy atom. The molecular formula is C17H21NO2. The quantitative estimate of drug-likeness (QED) is 0.763. The van der Waals surface area contributed by atoms with Gasteiger partial charge in [-0.2, -0.15) is 0 Å². The molecule has 0 aliphatic rings. The van der Waals surface area contributed by atoms with E-state index < -0.39 is 0 Å². The fraction of sp³-hybridized carbons (Fsp3) is 0.294. The van der Waals surface area contributed by atoms with Crippen LogP contribution in [0.1, 0.15) is 41.2 Å². The SMILES string of the molecule is CC.Cc1ccc(Oc2cc(C)nc(C)c2)c(C=O)c1. The molecule has 3 heteroatoms. The van der Waals surface area contributed by atoms with E-state index in [2.05, 4.69) is 4.98 Å². The minimum Gasteiger partial charge on any atom is -0.456 e. The highest BCUT2D eigenvalue weighted by atomic mass is 16.5. The molecule has 1 heterocycles. The maximum absolute atomic E-state index is 11.0. The Bertz CT molecular complexity index is 571. The van der Waals surface area contributed by atoms with E-state index in [1.807, 2.05) is 65.0 Å². The molecule has 0 aliphatic carbocycles. The van der Waals surface area contributed by atoms with Crippen molar-refractivity contribution in [3.05, 3.63) is 52.8 Å². The van der Waals surface area contributed by atoms with E-state index >= 15 is 0 Å². The topological polar surface area (TPSA) is 39.2 Å². The van der Waals surface area contributed by atoms with Crippen LogP contribution in [0.3, 0.4) is 0 Å². The number of pyridine rings is 1. The zero-order valence-corrected chi connectivity index (χ0v) is 12.7. The van der Waals surface area contributed by atoms with Crippen LogP contribution in [0, 0.1) is 20.8 Å². The van der Waals surface area contributed by atoms with E-state index in [1.54, 1.807) is 0 Å². The van der Waals surface area contributed by atoms with Gasteiger partial charge >= 0.3 is 0 Å². The van der Waals surface area contributed by atoms with Gasteiger partial charge in [-0.05, 0) is 32.9 Å². The van der Waals surface area contributed by atoms with Gasteiger partial charge in [-0.1, -0.05) is 25.5 Å². The van der Waals surface area contributed by atoms with Crippen molar-refractivity contribution in [2.75, 3.05) is 0 Å². The molecule has 2 aromatic rings. The number of carbonyl (C=O) groups excluding carboxylic acids is 1. The van der Waals surface area contributed by atoms with Crippen molar-refractivity contribution in [1.29, 1.82) is 0 Å². The molecule has 0 saturated heterocycles. The number of hydrogen-bond acceptors (Lipinski definition) is 3. The van der Waals surface area contributed by atoms with Gasteiger partial charge in [0.1, 0.15) is 11.5 Å². The first-order chi connectivity index (χ1) is 9.58. The molecule has 0 aliphatic heterocycles. The highest BCUT2D eigenvalue weighted by Gasteiger charge is 2.05. The third-order valence-electron chi connectivity index (χ3n) is 2.58. The fourth-order valence-electron chi connectivity index (χ4n) is 1.83. The maximum atomic E-state index is 11.0. The van der Waals surface area contributed by atoms with Crippen molar-refractivity contribution in [1.82, 2.24) is 4.98 Å². The molecule has 106 valence electrons. The van der Waals surface area contributed by atoms with Gasteiger partial charge in [0, 0.05) is 23.5 Å². The van der Waals surface area contributed by atoms with Crippen LogP contribution in [0.15, 0.2) is 30.3 Å². The number of nitrogens with zero attached hydrogens (tertiary/aromatic N) is 1. The number of aldehydes is 1. The van der Waals surface area contributed by atoms with E-state index in [-0.39, 0.29) is 0 Å². The smallest absolute Gasteiger partial charge is 0.153 e. The first-order valence-corrected chi connectivity index (χ1v) is 6.77. The third kappa shape index (κ3) is 4.19. The summed E-state index contributed by atoms with van der Waals surface area (Å²) in [6.45, 7) is 9.77. The molecular weight excluding hydrogens is 250 g/mol. The lowest BCUT2D eigenvalue weighted by Crippen LogP contribution is -1.93. The van der Waals surface area contributed by atoms with Crippen LogP contribution < -0.4 is 4.74 Å². The molecule has 2 rings (SSSR count). The van der Waals surface area contributed by atoms with Crippen molar-refractivity contribution in [3.63, 3.8) is 0 Å². The maximum Gasteiger partial charge on any atom is 0.153 e. The molecule has 1 aromatic heterocycles. The summed E-state index contributed by atoms with van der Waals surface area (Å²) in [5, 5.41) is 0. The number of aryl methyl sites for hydroxylation is 3. The van der Waals surface area contributed by atoms with Gasteiger partial charge in [-0.25, -0.2) is 0 Å². The first-order valence-electron chi connectivity index (χ1n) is 6.77. The van der Waals surface area contributed by atoms with E-state index in [0.717, 1.165) is 23.2 Å². The second kappa shape index (κ2) is 7.43. The van der Waals surface area contributed by atoms with Crippen molar-refractivity contribution in [3.8, 4) is 11.5 Å². The number of benzene rings is 1. The third-order valence-corrected chi connectivity index (χ3v) is 2.58. The summed E-state index contributed by atoms with van der Waals surface area (Å²) < 4.78 is 5.75. The second-order valence-electron chi connectivity index (χ2n) is 4.35. The number of carbonyl (C=O) groups is 1. The summed E-state index contributed by atoms with van der Waals surface area (Å²) in [5.41, 5.74) is 3.38. The molecule has 1 aromatic carbocycles. The zero-order valence-electron chi connectivity index (χ0n) is 12.7. The Balaban J connectivity index is 0.000000956. The summed E-state index contributed by atoms with van der Waals surface area (Å²) in [6, 6.07) is 9.24. The summed E-state index contributed by atoms with van der Waals surface area (Å²) in [7, 11) is 0. The highest BCUT2D eigenvalue weighted by Crippen LogP contribution is 2.26. The number of ether oxygens (including phenoxy) is 1. The Morgan fingerprint density at radius 3 is 2.15 bits per heavy atom. The van der Waals surface area contributed by atoms with Gasteiger partial charge in [-0.15, -0.1) is 0 Å². The normalized spacial score (nSPS) is 9.45. The second-order valence-corrected chi connectivity index (χ2v) is 4.35. The lowest BCUT2D eigenvalue weighted by molar-refractivity contribution is 0.112. The van der Waals surface area contributed by atoms with Crippen molar-refractivity contribution >= 4 is 6.29 Å². The molecule has 0 fully saturated rings. The number of rotatable bonds is 3. The van der Waals surface area contributed by atoms with Crippen molar-refractivity contribution in [2.45, 2.75) is 34.6 Å². The summed E-state index contributed by atoms with van der Waals surface area (Å²) in [5.74, 6) is 1.27. The molecule has 0 unspecified atom stereocenters. The largest absolute Gasteiger partial charge is 0.456 e. The van der Waals surface area contributed by atoms with E-state index in [4.69, 9.17) is 4.74 Å². The molecule has 0 spiro atoms. The van der Waals surface area contributed by atoms with Gasteiger partial charge in [0.2, 0.25) is 0 Å². The van der Waals surface area contributed by atoms with Crippen LogP contribution in [-0.2, 0) is 0 Å². The van der Waals surface area contributed by atoms with Gasteiger partial charge in [0.25, 0.3) is 0 Å². The standard InChI is InChI=1S/C15H15NO2.C2H6/c1-10-4-5-15(13(6-10)9-17)18-14-7-11(2)16-12(3)8-14;1-2/h4-9H,1-3H3;1-2H3. The van der Waals surface area contributed by atoms with Crippen LogP contribution in [0.2, 0.25) is 0 Å². The molecule has 20 heavy (non-hydrogen) atoms. The minimum absolute atomic E-state index is 0.558. The summed E-state index contributed by atoms with van der Waals surface area (Å²) >= 11 is 0. The van der Waals surface area contributed by atoms with Crippen LogP contribution >= 0.6 is 0 Å². The van der Waals surface area contributed by atoms with Crippen LogP contribution in [0.25, 0.3) is 0 Å². The summed E-state index contributed by atoms with van der Waals surface area (Å²) in [4.78, 5) is 15.3. The number of hydrogen-bond donors (Lipinski definition) is 0. The Hall–Kier alpha value is -2.16. The molecule has 0 atom stereocenters. The predicted molar refractivity (Wildman–Crippen MR) is 81.7 cm³/mol. The Kier molecular flexibility index (Phi) is 5.91. The van der Waals surface area contributed by atoms with E-state index in [9.17, 15) is 4.79 Å². The van der Waals surface area contributed by atoms with Crippen LogP contribution in [0.4, 0.5) is 0 Å². The lowest BCUT2D eigenvalue weighted by atomic mass is 10.1. The zero-order chi connectivity index (χ0) is 15.1. The molecule has 0 bridgehead atoms. The van der Waals surface area contributed by atoms with Gasteiger partial charge in [-0.3, -0.25) is 9.78 Å². The summed E-state index contributed by atoms with van der Waals surface area (Å²) in [6.07, 6.45) is 0.809. The van der Waals surface area contributed by atoms with Crippen molar-refractivity contribution in [2.24, 2.45) is 0 Å². The molecule has 0 amide bonds. The van der Waals surface area contributed by atoms with Gasteiger partial charge in [0.05, 0.1) is 5.56 Å². The lowest BCUT2D eigenvalue weighted by Gasteiger charge is -2.09. The number of aromatic nitrogens is 1. The van der Waals surface area contributed by atoms with Crippen molar-refractivity contribution < 1.29 is 9.53 Å². The highest BCUT2D eigenvalue weighted by molar-refractivity contribution is 5.79. The monoisotopic (exact) mass is 271 g/mol. The van der Waals surface area contributed by atoms with Gasteiger partial charge < -0.3 is 4.74 Å². The Labute approximate surface area is 120 Å². The predicted octanol–water partition coefficient (Wildman–Crippen LogP) is 4.64. The minimum atomic E-state index is 0.558. The fourth-order valence-corrected chi connectivity index (χ4v) is 1.83. The van der Waals surface area contributed by atoms with Crippen LogP contribution in [-0.4, -0.2) is 11.3 Å². The van der Waals surface area contributed by atoms with Crippen LogP contribution in [0.5, 0.6) is 11.5 Å². The molecule has 0 N–H and O–H groups in total. The Morgan fingerprint density at radius 2 is 1.60 bits per heavy atom. The molecule has 0 saturated carbocycles. The average Bonchev–Trinajstić information content (AvgIpc) is 2.42. The molecule has 3 nitrogen and oxygen atoms in total. The van der Waals surface area contributed by atoms with Gasteiger partial charge in [0.15, 0.2) is 6.29 Å². The van der Waals surface area contributed by atoms with E-state index in [0.29, 0.717) is 17.1 Å². The first kappa shape index (κ1) is 15.9. The average molecular weight is 271 g/mol. The van der Waals surface area contributed by atoms with E-state index in [1.165, 1.54) is 0 Å².